The van der Waals surface area contributed by atoms with Crippen molar-refractivity contribution in [1.82, 2.24) is 4.98 Å². The lowest BCUT2D eigenvalue weighted by molar-refractivity contribution is -0.137. The zero-order valence-corrected chi connectivity index (χ0v) is 8.01. The molecular formula is C10H11F3N2. The van der Waals surface area contributed by atoms with Crippen LogP contribution in [0, 0.1) is 0 Å². The van der Waals surface area contributed by atoms with Crippen LogP contribution in [0.15, 0.2) is 18.3 Å². The molecule has 5 heteroatoms. The van der Waals surface area contributed by atoms with E-state index in [4.69, 9.17) is 0 Å². The van der Waals surface area contributed by atoms with Crippen LogP contribution in [0.1, 0.15) is 24.8 Å². The van der Waals surface area contributed by atoms with Gasteiger partial charge in [0.05, 0.1) is 5.56 Å². The molecule has 1 heterocycles. The Kier molecular flexibility index (Phi) is 2.54. The first kappa shape index (κ1) is 10.3. The van der Waals surface area contributed by atoms with Crippen molar-refractivity contribution in [2.45, 2.75) is 31.5 Å². The highest BCUT2D eigenvalue weighted by Gasteiger charge is 2.30. The van der Waals surface area contributed by atoms with Gasteiger partial charge in [-0.1, -0.05) is 0 Å². The molecule has 2 nitrogen and oxygen atoms in total. The Balaban J connectivity index is 2.03. The second-order valence-corrected chi connectivity index (χ2v) is 3.70. The van der Waals surface area contributed by atoms with Gasteiger partial charge in [-0.3, -0.25) is 0 Å². The molecule has 0 radical (unpaired) electrons. The maximum Gasteiger partial charge on any atom is 0.417 e. The van der Waals surface area contributed by atoms with Crippen LogP contribution in [0.25, 0.3) is 0 Å². The second-order valence-electron chi connectivity index (χ2n) is 3.70. The lowest BCUT2D eigenvalue weighted by atomic mass is 9.93. The number of pyridine rings is 1. The van der Waals surface area contributed by atoms with Gasteiger partial charge in [0.25, 0.3) is 0 Å². The third kappa shape index (κ3) is 2.40. The summed E-state index contributed by atoms with van der Waals surface area (Å²) in [4.78, 5) is 3.74. The van der Waals surface area contributed by atoms with Gasteiger partial charge in [0.15, 0.2) is 0 Å². The molecule has 82 valence electrons. The highest BCUT2D eigenvalue weighted by atomic mass is 19.4. The Bertz CT molecular complexity index is 328. The molecule has 0 spiro atoms. The Hall–Kier alpha value is -1.26. The quantitative estimate of drug-likeness (QED) is 0.821. The van der Waals surface area contributed by atoms with Gasteiger partial charge in [0.2, 0.25) is 0 Å². The zero-order chi connectivity index (χ0) is 10.9. The molecule has 15 heavy (non-hydrogen) atoms. The number of nitrogens with zero attached hydrogens (tertiary/aromatic N) is 1. The van der Waals surface area contributed by atoms with Crippen LogP contribution < -0.4 is 5.32 Å². The number of aromatic nitrogens is 1. The van der Waals surface area contributed by atoms with Gasteiger partial charge in [-0.2, -0.15) is 13.2 Å². The largest absolute Gasteiger partial charge is 0.417 e. The first-order valence-electron chi connectivity index (χ1n) is 4.85. The van der Waals surface area contributed by atoms with Crippen molar-refractivity contribution in [3.8, 4) is 0 Å². The molecule has 0 atom stereocenters. The minimum Gasteiger partial charge on any atom is -0.367 e. The molecule has 1 aromatic rings. The van der Waals surface area contributed by atoms with E-state index >= 15 is 0 Å². The minimum absolute atomic E-state index is 0.384. The first-order chi connectivity index (χ1) is 7.05. The number of nitrogens with one attached hydrogen (secondary N) is 1. The van der Waals surface area contributed by atoms with E-state index in [2.05, 4.69) is 10.3 Å². The summed E-state index contributed by atoms with van der Waals surface area (Å²) < 4.78 is 36.6. The summed E-state index contributed by atoms with van der Waals surface area (Å²) in [5, 5.41) is 3.08. The van der Waals surface area contributed by atoms with Crippen LogP contribution in [0.3, 0.4) is 0 Å². The van der Waals surface area contributed by atoms with Gasteiger partial charge in [-0.15, -0.1) is 0 Å². The fourth-order valence-electron chi connectivity index (χ4n) is 1.41. The van der Waals surface area contributed by atoms with E-state index in [1.807, 2.05) is 0 Å². The molecular weight excluding hydrogens is 205 g/mol. The molecule has 1 fully saturated rings. The molecule has 0 amide bonds. The summed E-state index contributed by atoms with van der Waals surface area (Å²) in [5.41, 5.74) is -0.707. The van der Waals surface area contributed by atoms with Crippen LogP contribution >= 0.6 is 0 Å². The van der Waals surface area contributed by atoms with Crippen molar-refractivity contribution in [2.75, 3.05) is 5.32 Å². The van der Waals surface area contributed by atoms with Crippen molar-refractivity contribution in [3.05, 3.63) is 23.9 Å². The molecule has 0 aromatic carbocycles. The average Bonchev–Trinajstić information content (AvgIpc) is 2.11. The van der Waals surface area contributed by atoms with E-state index < -0.39 is 11.7 Å². The third-order valence-corrected chi connectivity index (χ3v) is 2.55. The van der Waals surface area contributed by atoms with Crippen LogP contribution in [-0.4, -0.2) is 11.0 Å². The predicted molar refractivity (Wildman–Crippen MR) is 50.5 cm³/mol. The summed E-state index contributed by atoms with van der Waals surface area (Å²) in [6.45, 7) is 0. The average molecular weight is 216 g/mol. The Labute approximate surface area is 85.5 Å². The van der Waals surface area contributed by atoms with Crippen LogP contribution in [0.2, 0.25) is 0 Å². The lowest BCUT2D eigenvalue weighted by Crippen LogP contribution is -2.27. The molecule has 1 aromatic heterocycles. The molecule has 2 rings (SSSR count). The van der Waals surface area contributed by atoms with Gasteiger partial charge in [0.1, 0.15) is 5.82 Å². The van der Waals surface area contributed by atoms with Gasteiger partial charge >= 0.3 is 6.18 Å². The molecule has 1 aliphatic carbocycles. The number of halogens is 3. The SMILES string of the molecule is FC(F)(F)c1ccc(NC2CCC2)nc1. The monoisotopic (exact) mass is 216 g/mol. The summed E-state index contributed by atoms with van der Waals surface area (Å²) in [5.74, 6) is 0.521. The topological polar surface area (TPSA) is 24.9 Å². The van der Waals surface area contributed by atoms with E-state index in [9.17, 15) is 13.2 Å². The van der Waals surface area contributed by atoms with E-state index in [0.717, 1.165) is 25.1 Å². The predicted octanol–water partition coefficient (Wildman–Crippen LogP) is 3.06. The van der Waals surface area contributed by atoms with Crippen molar-refractivity contribution in [2.24, 2.45) is 0 Å². The van der Waals surface area contributed by atoms with Crippen LogP contribution in [0.4, 0.5) is 19.0 Å². The van der Waals surface area contributed by atoms with Gasteiger partial charge in [-0.05, 0) is 31.4 Å². The van der Waals surface area contributed by atoms with Gasteiger partial charge < -0.3 is 5.32 Å². The molecule has 0 saturated heterocycles. The van der Waals surface area contributed by atoms with Crippen LogP contribution in [0.5, 0.6) is 0 Å². The molecule has 1 aliphatic rings. The van der Waals surface area contributed by atoms with Crippen molar-refractivity contribution >= 4 is 5.82 Å². The first-order valence-corrected chi connectivity index (χ1v) is 4.85. The number of alkyl halides is 3. The smallest absolute Gasteiger partial charge is 0.367 e. The van der Waals surface area contributed by atoms with E-state index in [0.29, 0.717) is 11.9 Å². The number of anilines is 1. The number of hydrogen-bond acceptors (Lipinski definition) is 2. The highest BCUT2D eigenvalue weighted by molar-refractivity contribution is 5.37. The molecule has 1 N–H and O–H groups in total. The summed E-state index contributed by atoms with van der Waals surface area (Å²) in [6.07, 6.45) is -0.118. The Morgan fingerprint density at radius 2 is 2.00 bits per heavy atom. The second kappa shape index (κ2) is 3.72. The molecule has 0 bridgehead atoms. The maximum absolute atomic E-state index is 12.2. The van der Waals surface area contributed by atoms with Crippen molar-refractivity contribution in [3.63, 3.8) is 0 Å². The fourth-order valence-corrected chi connectivity index (χ4v) is 1.41. The van der Waals surface area contributed by atoms with E-state index in [1.165, 1.54) is 12.5 Å². The fraction of sp³-hybridized carbons (Fsp3) is 0.500. The standard InChI is InChI=1S/C10H11F3N2/c11-10(12,13)7-4-5-9(14-6-7)15-8-2-1-3-8/h4-6,8H,1-3H2,(H,14,15). The summed E-state index contributed by atoms with van der Waals surface area (Å²) >= 11 is 0. The zero-order valence-electron chi connectivity index (χ0n) is 8.01. The minimum atomic E-state index is -4.30. The third-order valence-electron chi connectivity index (χ3n) is 2.55. The normalized spacial score (nSPS) is 17.3. The Morgan fingerprint density at radius 3 is 2.40 bits per heavy atom. The summed E-state index contributed by atoms with van der Waals surface area (Å²) in [7, 11) is 0. The van der Waals surface area contributed by atoms with E-state index in [-0.39, 0.29) is 0 Å². The summed E-state index contributed by atoms with van der Waals surface area (Å²) in [6, 6.07) is 2.81. The molecule has 0 unspecified atom stereocenters. The Morgan fingerprint density at radius 1 is 1.27 bits per heavy atom. The molecule has 1 saturated carbocycles. The van der Waals surface area contributed by atoms with Gasteiger partial charge in [-0.25, -0.2) is 4.98 Å². The highest BCUT2D eigenvalue weighted by Crippen LogP contribution is 2.29. The maximum atomic E-state index is 12.2. The number of rotatable bonds is 2. The van der Waals surface area contributed by atoms with Crippen molar-refractivity contribution < 1.29 is 13.2 Å². The molecule has 0 aliphatic heterocycles. The van der Waals surface area contributed by atoms with Crippen LogP contribution in [-0.2, 0) is 6.18 Å². The van der Waals surface area contributed by atoms with Crippen molar-refractivity contribution in [1.29, 1.82) is 0 Å². The lowest BCUT2D eigenvalue weighted by Gasteiger charge is -2.26. The van der Waals surface area contributed by atoms with Gasteiger partial charge in [0, 0.05) is 12.2 Å². The number of hydrogen-bond donors (Lipinski definition) is 1. The van der Waals surface area contributed by atoms with E-state index in [1.54, 1.807) is 0 Å².